The highest BCUT2D eigenvalue weighted by Crippen LogP contribution is 2.50. The molecule has 188 valence electrons. The molecule has 0 radical (unpaired) electrons. The smallest absolute Gasteiger partial charge is 0.258 e. The van der Waals surface area contributed by atoms with Gasteiger partial charge in [0.15, 0.2) is 6.39 Å². The Morgan fingerprint density at radius 2 is 1.92 bits per heavy atom. The van der Waals surface area contributed by atoms with Crippen LogP contribution in [0.25, 0.3) is 11.1 Å². The molecule has 3 aromatic rings. The van der Waals surface area contributed by atoms with E-state index in [0.717, 1.165) is 5.69 Å². The van der Waals surface area contributed by atoms with Crippen molar-refractivity contribution >= 4 is 5.91 Å². The van der Waals surface area contributed by atoms with E-state index in [1.54, 1.807) is 33.9 Å². The number of ether oxygens (including phenoxy) is 1. The van der Waals surface area contributed by atoms with Gasteiger partial charge in [-0.3, -0.25) is 14.5 Å². The Morgan fingerprint density at radius 3 is 2.61 bits per heavy atom. The Hall–Kier alpha value is -3.34. The van der Waals surface area contributed by atoms with E-state index in [0.29, 0.717) is 56.2 Å². The third-order valence-corrected chi connectivity index (χ3v) is 7.75. The Kier molecular flexibility index (Phi) is 5.94. The number of hydrogen-bond acceptors (Lipinski definition) is 7. The standard InChI is InChI=1S/C26H27FN4O5/c27-17-3-1-16(2-4-17)19-5-6-22-23-20(12-30(22)25(19)33)21(13-32)24(26(34)29-7-9-35-10-8-29)31(23)11-18-14-36-15-28-18/h1-6,14-15,20-21,23-24,32H,7-13H2/t20-,21-,23+,24-/m1/s1. The summed E-state index contributed by atoms with van der Waals surface area (Å²) in [5.74, 6) is -0.884. The molecule has 6 rings (SSSR count). The van der Waals surface area contributed by atoms with Gasteiger partial charge in [-0.2, -0.15) is 0 Å². The number of aliphatic hydroxyl groups is 1. The first kappa shape index (κ1) is 23.1. The van der Waals surface area contributed by atoms with Crippen LogP contribution in [0, 0.1) is 17.7 Å². The van der Waals surface area contributed by atoms with Gasteiger partial charge >= 0.3 is 0 Å². The Balaban J connectivity index is 1.41. The van der Waals surface area contributed by atoms with Gasteiger partial charge in [0, 0.05) is 55.9 Å². The fourth-order valence-corrected chi connectivity index (χ4v) is 6.09. The number of pyridine rings is 1. The highest BCUT2D eigenvalue weighted by molar-refractivity contribution is 5.83. The number of halogens is 1. The Labute approximate surface area is 206 Å². The van der Waals surface area contributed by atoms with Crippen LogP contribution in [0.4, 0.5) is 4.39 Å². The van der Waals surface area contributed by atoms with Crippen LogP contribution < -0.4 is 5.56 Å². The van der Waals surface area contributed by atoms with Crippen molar-refractivity contribution in [1.82, 2.24) is 19.4 Å². The lowest BCUT2D eigenvalue weighted by atomic mass is 9.88. The van der Waals surface area contributed by atoms with Gasteiger partial charge in [0.25, 0.3) is 5.56 Å². The summed E-state index contributed by atoms with van der Waals surface area (Å²) in [5, 5.41) is 10.5. The molecule has 5 heterocycles. The maximum Gasteiger partial charge on any atom is 0.258 e. The van der Waals surface area contributed by atoms with E-state index in [-0.39, 0.29) is 41.8 Å². The van der Waals surface area contributed by atoms with Crippen molar-refractivity contribution in [1.29, 1.82) is 0 Å². The van der Waals surface area contributed by atoms with Crippen molar-refractivity contribution in [3.63, 3.8) is 0 Å². The van der Waals surface area contributed by atoms with Crippen molar-refractivity contribution in [3.8, 4) is 11.1 Å². The van der Waals surface area contributed by atoms with Crippen molar-refractivity contribution < 1.29 is 23.4 Å². The van der Waals surface area contributed by atoms with Gasteiger partial charge in [-0.25, -0.2) is 9.37 Å². The van der Waals surface area contributed by atoms with Crippen molar-refractivity contribution in [2.24, 2.45) is 11.8 Å². The van der Waals surface area contributed by atoms with E-state index < -0.39 is 6.04 Å². The number of carbonyl (C=O) groups is 1. The van der Waals surface area contributed by atoms with Crippen molar-refractivity contribution in [2.45, 2.75) is 25.2 Å². The van der Waals surface area contributed by atoms with Gasteiger partial charge in [0.05, 0.1) is 31.0 Å². The zero-order valence-corrected chi connectivity index (χ0v) is 19.6. The van der Waals surface area contributed by atoms with Gasteiger partial charge in [-0.05, 0) is 29.8 Å². The molecule has 4 atom stereocenters. The van der Waals surface area contributed by atoms with E-state index in [4.69, 9.17) is 9.15 Å². The number of nitrogens with zero attached hydrogens (tertiary/aromatic N) is 4. The SMILES string of the molecule is O=C([C@H]1[C@H](CO)[C@H]2Cn3c(ccc(-c4ccc(F)cc4)c3=O)[C@H]2N1Cc1cocn1)N1CCOCC1. The maximum absolute atomic E-state index is 13.8. The summed E-state index contributed by atoms with van der Waals surface area (Å²) in [4.78, 5) is 35.4. The van der Waals surface area contributed by atoms with E-state index in [9.17, 15) is 19.1 Å². The molecule has 2 fully saturated rings. The fraction of sp³-hybridized carbons (Fsp3) is 0.423. The normalized spacial score (nSPS) is 25.7. The lowest BCUT2D eigenvalue weighted by Crippen LogP contribution is -2.52. The molecule has 1 aromatic carbocycles. The minimum absolute atomic E-state index is 0.0351. The van der Waals surface area contributed by atoms with Crippen LogP contribution in [0.1, 0.15) is 17.4 Å². The van der Waals surface area contributed by atoms with Crippen LogP contribution >= 0.6 is 0 Å². The van der Waals surface area contributed by atoms with Gasteiger partial charge in [0.2, 0.25) is 5.91 Å². The molecule has 10 heteroatoms. The van der Waals surface area contributed by atoms with Crippen molar-refractivity contribution in [3.05, 3.63) is 76.6 Å². The topological polar surface area (TPSA) is 101 Å². The van der Waals surface area contributed by atoms with E-state index in [2.05, 4.69) is 9.88 Å². The zero-order chi connectivity index (χ0) is 24.8. The second-order valence-corrected chi connectivity index (χ2v) is 9.58. The average molecular weight is 495 g/mol. The number of likely N-dealkylation sites (tertiary alicyclic amines) is 1. The summed E-state index contributed by atoms with van der Waals surface area (Å²) < 4.78 is 25.8. The first-order valence-corrected chi connectivity index (χ1v) is 12.2. The molecule has 0 aliphatic carbocycles. The number of carbonyl (C=O) groups excluding carboxylic acids is 1. The van der Waals surface area contributed by atoms with E-state index >= 15 is 0 Å². The number of rotatable bonds is 5. The molecule has 0 bridgehead atoms. The molecule has 1 amide bonds. The van der Waals surface area contributed by atoms with Crippen LogP contribution in [-0.4, -0.2) is 69.3 Å². The molecular formula is C26H27FN4O5. The van der Waals surface area contributed by atoms with Gasteiger partial charge in [-0.1, -0.05) is 12.1 Å². The molecule has 2 aromatic heterocycles. The Morgan fingerprint density at radius 1 is 1.14 bits per heavy atom. The summed E-state index contributed by atoms with van der Waals surface area (Å²) >= 11 is 0. The largest absolute Gasteiger partial charge is 0.451 e. The summed E-state index contributed by atoms with van der Waals surface area (Å²) in [6, 6.07) is 8.75. The average Bonchev–Trinajstić information content (AvgIpc) is 3.62. The molecule has 3 aliphatic heterocycles. The fourth-order valence-electron chi connectivity index (χ4n) is 6.09. The minimum atomic E-state index is -0.555. The Bertz CT molecular complexity index is 1300. The number of oxazole rings is 1. The molecule has 3 aliphatic rings. The number of hydrogen-bond donors (Lipinski definition) is 1. The first-order valence-electron chi connectivity index (χ1n) is 12.2. The highest BCUT2D eigenvalue weighted by Gasteiger charge is 2.56. The van der Waals surface area contributed by atoms with Crippen LogP contribution in [-0.2, 0) is 22.6 Å². The molecule has 0 saturated carbocycles. The van der Waals surface area contributed by atoms with E-state index in [1.165, 1.54) is 18.5 Å². The molecule has 0 spiro atoms. The van der Waals surface area contributed by atoms with Gasteiger partial charge in [0.1, 0.15) is 12.1 Å². The van der Waals surface area contributed by atoms with Crippen LogP contribution in [0.5, 0.6) is 0 Å². The third-order valence-electron chi connectivity index (χ3n) is 7.75. The minimum Gasteiger partial charge on any atom is -0.451 e. The molecule has 2 saturated heterocycles. The number of aromatic nitrogens is 2. The number of benzene rings is 1. The van der Waals surface area contributed by atoms with Gasteiger partial charge in [-0.15, -0.1) is 0 Å². The molecular weight excluding hydrogens is 467 g/mol. The lowest BCUT2D eigenvalue weighted by Gasteiger charge is -2.35. The monoisotopic (exact) mass is 494 g/mol. The molecule has 0 unspecified atom stereocenters. The highest BCUT2D eigenvalue weighted by atomic mass is 19.1. The van der Waals surface area contributed by atoms with Crippen LogP contribution in [0.3, 0.4) is 0 Å². The van der Waals surface area contributed by atoms with Gasteiger partial charge < -0.3 is 23.7 Å². The predicted octanol–water partition coefficient (Wildman–Crippen LogP) is 1.66. The van der Waals surface area contributed by atoms with Crippen LogP contribution in [0.2, 0.25) is 0 Å². The maximum atomic E-state index is 13.8. The lowest BCUT2D eigenvalue weighted by molar-refractivity contribution is -0.142. The number of fused-ring (bicyclic) bond motifs is 3. The second-order valence-electron chi connectivity index (χ2n) is 9.58. The number of amides is 1. The summed E-state index contributed by atoms with van der Waals surface area (Å²) in [7, 11) is 0. The number of aliphatic hydroxyl groups excluding tert-OH is 1. The molecule has 1 N–H and O–H groups in total. The predicted molar refractivity (Wildman–Crippen MR) is 126 cm³/mol. The number of morpholine rings is 1. The second kappa shape index (κ2) is 9.27. The zero-order valence-electron chi connectivity index (χ0n) is 19.6. The molecule has 9 nitrogen and oxygen atoms in total. The summed E-state index contributed by atoms with van der Waals surface area (Å²) in [6.45, 7) is 2.57. The summed E-state index contributed by atoms with van der Waals surface area (Å²) in [6.07, 6.45) is 2.91. The van der Waals surface area contributed by atoms with Crippen molar-refractivity contribution in [2.75, 3.05) is 32.9 Å². The molecule has 36 heavy (non-hydrogen) atoms. The third kappa shape index (κ3) is 3.76. The first-order chi connectivity index (χ1) is 17.6. The van der Waals surface area contributed by atoms with Crippen LogP contribution in [0.15, 0.2) is 58.3 Å². The summed E-state index contributed by atoms with van der Waals surface area (Å²) in [5.41, 5.74) is 2.45. The van der Waals surface area contributed by atoms with E-state index in [1.807, 2.05) is 6.07 Å². The quantitative estimate of drug-likeness (QED) is 0.576.